The second-order valence-electron chi connectivity index (χ2n) is 5.18. The van der Waals surface area contributed by atoms with Gasteiger partial charge in [-0.25, -0.2) is 0 Å². The Hall–Kier alpha value is -0.610. The first-order valence-electron chi connectivity index (χ1n) is 6.21. The summed E-state index contributed by atoms with van der Waals surface area (Å²) < 4.78 is 5.25. The summed E-state index contributed by atoms with van der Waals surface area (Å²) in [7, 11) is 1.75. The molecule has 0 aromatic heterocycles. The Kier molecular flexibility index (Phi) is 3.50. The average Bonchev–Trinajstić information content (AvgIpc) is 2.48. The van der Waals surface area contributed by atoms with Gasteiger partial charge in [-0.15, -0.1) is 0 Å². The molecule has 2 rings (SSSR count). The van der Waals surface area contributed by atoms with E-state index in [1.165, 1.54) is 0 Å². The normalized spacial score (nSPS) is 34.6. The van der Waals surface area contributed by atoms with Crippen molar-refractivity contribution in [2.24, 2.45) is 0 Å². The molecule has 4 heteroatoms. The van der Waals surface area contributed by atoms with Crippen LogP contribution < -0.4 is 5.32 Å². The summed E-state index contributed by atoms with van der Waals surface area (Å²) >= 11 is 0. The second-order valence-corrected chi connectivity index (χ2v) is 5.18. The van der Waals surface area contributed by atoms with Crippen LogP contribution in [0.4, 0.5) is 0 Å². The zero-order valence-corrected chi connectivity index (χ0v) is 10.4. The van der Waals surface area contributed by atoms with Gasteiger partial charge in [-0.3, -0.25) is 4.79 Å². The average molecular weight is 226 g/mol. The lowest BCUT2D eigenvalue weighted by atomic mass is 9.88. The fourth-order valence-electron chi connectivity index (χ4n) is 2.61. The number of nitrogens with zero attached hydrogens (tertiary/aromatic N) is 1. The Labute approximate surface area is 97.3 Å². The van der Waals surface area contributed by atoms with E-state index < -0.39 is 0 Å². The number of hydrogen-bond acceptors (Lipinski definition) is 3. The Morgan fingerprint density at radius 2 is 2.12 bits per heavy atom. The molecule has 1 unspecified atom stereocenters. The molecule has 1 heterocycles. The van der Waals surface area contributed by atoms with Crippen molar-refractivity contribution in [1.29, 1.82) is 0 Å². The van der Waals surface area contributed by atoms with Crippen LogP contribution in [0.1, 0.15) is 33.1 Å². The van der Waals surface area contributed by atoms with E-state index in [9.17, 15) is 4.79 Å². The molecule has 4 nitrogen and oxygen atoms in total. The van der Waals surface area contributed by atoms with Crippen LogP contribution in [0.15, 0.2) is 0 Å². The van der Waals surface area contributed by atoms with Crippen molar-refractivity contribution < 1.29 is 9.53 Å². The van der Waals surface area contributed by atoms with Crippen molar-refractivity contribution in [3.8, 4) is 0 Å². The lowest BCUT2D eigenvalue weighted by Gasteiger charge is -2.40. The molecular weight excluding hydrogens is 204 g/mol. The largest absolute Gasteiger partial charge is 0.381 e. The van der Waals surface area contributed by atoms with Gasteiger partial charge in [0.15, 0.2) is 0 Å². The summed E-state index contributed by atoms with van der Waals surface area (Å²) in [4.78, 5) is 14.1. The van der Waals surface area contributed by atoms with E-state index in [0.717, 1.165) is 25.8 Å². The number of methoxy groups -OCH3 is 1. The summed E-state index contributed by atoms with van der Waals surface area (Å²) in [6.45, 7) is 5.07. The van der Waals surface area contributed by atoms with E-state index >= 15 is 0 Å². The number of ether oxygens (including phenoxy) is 1. The Bertz CT molecular complexity index is 262. The Morgan fingerprint density at radius 1 is 1.44 bits per heavy atom. The third-order valence-corrected chi connectivity index (χ3v) is 3.62. The molecule has 16 heavy (non-hydrogen) atoms. The number of amides is 1. The topological polar surface area (TPSA) is 41.6 Å². The monoisotopic (exact) mass is 226 g/mol. The van der Waals surface area contributed by atoms with Crippen molar-refractivity contribution >= 4 is 5.91 Å². The van der Waals surface area contributed by atoms with Gasteiger partial charge in [0, 0.05) is 25.7 Å². The van der Waals surface area contributed by atoms with Crippen molar-refractivity contribution in [2.45, 2.75) is 57.3 Å². The van der Waals surface area contributed by atoms with E-state index in [1.54, 1.807) is 7.11 Å². The molecule has 92 valence electrons. The fourth-order valence-corrected chi connectivity index (χ4v) is 2.61. The van der Waals surface area contributed by atoms with Crippen molar-refractivity contribution in [2.75, 3.05) is 13.7 Å². The Morgan fingerprint density at radius 3 is 2.69 bits per heavy atom. The van der Waals surface area contributed by atoms with Gasteiger partial charge in [0.2, 0.25) is 5.91 Å². The maximum absolute atomic E-state index is 12.1. The maximum Gasteiger partial charge on any atom is 0.240 e. The fraction of sp³-hybridized carbons (Fsp3) is 0.917. The van der Waals surface area contributed by atoms with Gasteiger partial charge in [0.05, 0.1) is 12.1 Å². The summed E-state index contributed by atoms with van der Waals surface area (Å²) in [5, 5.41) is 3.33. The van der Waals surface area contributed by atoms with E-state index in [-0.39, 0.29) is 11.9 Å². The molecule has 0 aromatic carbocycles. The number of likely N-dealkylation sites (tertiary alicyclic amines) is 1. The summed E-state index contributed by atoms with van der Waals surface area (Å²) in [6, 6.07) is 0.847. The SMILES string of the molecule is COC1CC(N2CCC(NC(C)C)C2=O)C1. The predicted molar refractivity (Wildman–Crippen MR) is 62.2 cm³/mol. The molecule has 2 fully saturated rings. The quantitative estimate of drug-likeness (QED) is 0.769. The molecule has 0 aromatic rings. The molecular formula is C12H22N2O2. The van der Waals surface area contributed by atoms with Crippen LogP contribution in [0.5, 0.6) is 0 Å². The minimum Gasteiger partial charge on any atom is -0.381 e. The van der Waals surface area contributed by atoms with E-state index in [2.05, 4.69) is 19.2 Å². The van der Waals surface area contributed by atoms with E-state index in [1.807, 2.05) is 4.90 Å². The highest BCUT2D eigenvalue weighted by Gasteiger charge is 2.41. The van der Waals surface area contributed by atoms with E-state index in [4.69, 9.17) is 4.74 Å². The van der Waals surface area contributed by atoms with Crippen molar-refractivity contribution in [1.82, 2.24) is 10.2 Å². The standard InChI is InChI=1S/C12H22N2O2/c1-8(2)13-11-4-5-14(12(11)15)9-6-10(7-9)16-3/h8-11,13H,4-7H2,1-3H3. The molecule has 0 radical (unpaired) electrons. The van der Waals surface area contributed by atoms with Crippen LogP contribution in [0, 0.1) is 0 Å². The minimum atomic E-state index is 0.0431. The first kappa shape index (κ1) is 11.9. The van der Waals surface area contributed by atoms with Gasteiger partial charge in [-0.2, -0.15) is 0 Å². The van der Waals surface area contributed by atoms with Crippen LogP contribution >= 0.6 is 0 Å². The molecule has 0 bridgehead atoms. The van der Waals surface area contributed by atoms with Crippen LogP contribution in [0.25, 0.3) is 0 Å². The molecule has 1 atom stereocenters. The summed E-state index contributed by atoms with van der Waals surface area (Å²) in [6.07, 6.45) is 3.34. The highest BCUT2D eigenvalue weighted by atomic mass is 16.5. The number of carbonyl (C=O) groups is 1. The number of nitrogens with one attached hydrogen (secondary N) is 1. The highest BCUT2D eigenvalue weighted by molar-refractivity contribution is 5.84. The van der Waals surface area contributed by atoms with Gasteiger partial charge < -0.3 is 15.0 Å². The smallest absolute Gasteiger partial charge is 0.240 e. The van der Waals surface area contributed by atoms with Crippen LogP contribution in [0.3, 0.4) is 0 Å². The van der Waals surface area contributed by atoms with Gasteiger partial charge in [0.25, 0.3) is 0 Å². The van der Waals surface area contributed by atoms with Gasteiger partial charge >= 0.3 is 0 Å². The van der Waals surface area contributed by atoms with Gasteiger partial charge in [-0.1, -0.05) is 13.8 Å². The maximum atomic E-state index is 12.1. The first-order valence-corrected chi connectivity index (χ1v) is 6.21. The third kappa shape index (κ3) is 2.23. The molecule has 1 N–H and O–H groups in total. The molecule has 1 aliphatic heterocycles. The van der Waals surface area contributed by atoms with Crippen LogP contribution in [0.2, 0.25) is 0 Å². The van der Waals surface area contributed by atoms with Crippen molar-refractivity contribution in [3.63, 3.8) is 0 Å². The summed E-state index contributed by atoms with van der Waals surface area (Å²) in [5.74, 6) is 0.285. The lowest BCUT2D eigenvalue weighted by molar-refractivity contribution is -0.136. The minimum absolute atomic E-state index is 0.0431. The van der Waals surface area contributed by atoms with Crippen molar-refractivity contribution in [3.05, 3.63) is 0 Å². The van der Waals surface area contributed by atoms with E-state index in [0.29, 0.717) is 18.2 Å². The molecule has 1 saturated carbocycles. The number of hydrogen-bond donors (Lipinski definition) is 1. The molecule has 2 aliphatic rings. The number of carbonyl (C=O) groups excluding carboxylic acids is 1. The second kappa shape index (κ2) is 4.72. The summed E-state index contributed by atoms with van der Waals surface area (Å²) in [5.41, 5.74) is 0. The number of rotatable bonds is 4. The highest BCUT2D eigenvalue weighted by Crippen LogP contribution is 2.30. The molecule has 1 saturated heterocycles. The molecule has 1 aliphatic carbocycles. The Balaban J connectivity index is 1.83. The first-order chi connectivity index (χ1) is 7.61. The zero-order valence-electron chi connectivity index (χ0n) is 10.4. The van der Waals surface area contributed by atoms with Gasteiger partial charge in [-0.05, 0) is 19.3 Å². The third-order valence-electron chi connectivity index (χ3n) is 3.62. The van der Waals surface area contributed by atoms with Crippen LogP contribution in [-0.4, -0.2) is 48.7 Å². The molecule has 1 amide bonds. The predicted octanol–water partition coefficient (Wildman–Crippen LogP) is 0.763. The van der Waals surface area contributed by atoms with Gasteiger partial charge in [0.1, 0.15) is 0 Å². The van der Waals surface area contributed by atoms with Crippen LogP contribution in [-0.2, 0) is 9.53 Å². The molecule has 0 spiro atoms. The zero-order chi connectivity index (χ0) is 11.7. The lowest BCUT2D eigenvalue weighted by Crippen LogP contribution is -2.51.